The number of nitrogens with zero attached hydrogens (tertiary/aromatic N) is 2. The average Bonchev–Trinajstić information content (AvgIpc) is 2.61. The highest BCUT2D eigenvalue weighted by molar-refractivity contribution is 6.05. The highest BCUT2D eigenvalue weighted by atomic mass is 16.5. The molecule has 1 aromatic heterocycles. The molecular formula is C19H23N3O3. The van der Waals surface area contributed by atoms with E-state index in [1.54, 1.807) is 18.3 Å². The molecule has 0 saturated heterocycles. The van der Waals surface area contributed by atoms with Gasteiger partial charge in [-0.1, -0.05) is 12.1 Å². The van der Waals surface area contributed by atoms with Crippen LogP contribution in [0.4, 0.5) is 5.69 Å². The molecule has 1 amide bonds. The smallest absolute Gasteiger partial charge is 0.256 e. The summed E-state index contributed by atoms with van der Waals surface area (Å²) in [5.74, 6) is 0.353. The van der Waals surface area contributed by atoms with E-state index >= 15 is 0 Å². The number of anilines is 1. The van der Waals surface area contributed by atoms with Crippen molar-refractivity contribution in [1.82, 2.24) is 9.88 Å². The summed E-state index contributed by atoms with van der Waals surface area (Å²) in [6, 6.07) is 9.29. The van der Waals surface area contributed by atoms with E-state index in [0.717, 1.165) is 18.5 Å². The average molecular weight is 341 g/mol. The van der Waals surface area contributed by atoms with Gasteiger partial charge in [-0.2, -0.15) is 0 Å². The molecule has 2 aromatic rings. The third kappa shape index (κ3) is 4.55. The van der Waals surface area contributed by atoms with E-state index in [2.05, 4.69) is 16.4 Å². The number of ether oxygens (including phenoxy) is 2. The second-order valence-electron chi connectivity index (χ2n) is 6.23. The predicted octanol–water partition coefficient (Wildman–Crippen LogP) is 2.35. The Balaban J connectivity index is 1.69. The fraction of sp³-hybridized carbons (Fsp3) is 0.368. The lowest BCUT2D eigenvalue weighted by atomic mass is 9.97. The van der Waals surface area contributed by atoms with Crippen LogP contribution in [0.25, 0.3) is 0 Å². The topological polar surface area (TPSA) is 63.7 Å². The van der Waals surface area contributed by atoms with Crippen molar-refractivity contribution in [3.8, 4) is 5.88 Å². The number of carbonyl (C=O) groups excluding carboxylic acids is 1. The van der Waals surface area contributed by atoms with Crippen LogP contribution in [0, 0.1) is 0 Å². The van der Waals surface area contributed by atoms with Crippen LogP contribution < -0.4 is 10.1 Å². The van der Waals surface area contributed by atoms with Gasteiger partial charge >= 0.3 is 0 Å². The van der Waals surface area contributed by atoms with Crippen molar-refractivity contribution in [2.75, 3.05) is 39.2 Å². The largest absolute Gasteiger partial charge is 0.476 e. The van der Waals surface area contributed by atoms with Gasteiger partial charge in [-0.15, -0.1) is 0 Å². The summed E-state index contributed by atoms with van der Waals surface area (Å²) in [5, 5.41) is 2.92. The Hall–Kier alpha value is -2.44. The molecule has 1 aliphatic rings. The van der Waals surface area contributed by atoms with E-state index in [0.29, 0.717) is 37.0 Å². The molecule has 0 saturated carbocycles. The van der Waals surface area contributed by atoms with E-state index < -0.39 is 0 Å². The predicted molar refractivity (Wildman–Crippen MR) is 96.0 cm³/mol. The molecule has 2 heterocycles. The van der Waals surface area contributed by atoms with Crippen LogP contribution in [-0.4, -0.2) is 49.6 Å². The molecule has 0 atom stereocenters. The van der Waals surface area contributed by atoms with Gasteiger partial charge in [0, 0.05) is 30.1 Å². The zero-order valence-electron chi connectivity index (χ0n) is 14.6. The van der Waals surface area contributed by atoms with Gasteiger partial charge in [0.15, 0.2) is 0 Å². The molecule has 0 fully saturated rings. The van der Waals surface area contributed by atoms with Crippen LogP contribution >= 0.6 is 0 Å². The van der Waals surface area contributed by atoms with E-state index in [9.17, 15) is 4.79 Å². The first-order chi connectivity index (χ1) is 12.1. The van der Waals surface area contributed by atoms with Gasteiger partial charge in [0.1, 0.15) is 6.61 Å². The number of nitrogens with one attached hydrogen (secondary N) is 1. The summed E-state index contributed by atoms with van der Waals surface area (Å²) in [6.07, 6.45) is 2.47. The van der Waals surface area contributed by atoms with Crippen molar-refractivity contribution in [1.29, 1.82) is 0 Å². The maximum Gasteiger partial charge on any atom is 0.256 e. The maximum atomic E-state index is 12.7. The molecule has 0 spiro atoms. The molecule has 0 radical (unpaired) electrons. The molecule has 1 N–H and O–H groups in total. The lowest BCUT2D eigenvalue weighted by Gasteiger charge is -2.19. The number of pyridine rings is 1. The van der Waals surface area contributed by atoms with Crippen molar-refractivity contribution in [2.24, 2.45) is 0 Å². The number of benzene rings is 1. The number of hydrogen-bond acceptors (Lipinski definition) is 5. The summed E-state index contributed by atoms with van der Waals surface area (Å²) >= 11 is 0. The third-order valence-corrected chi connectivity index (χ3v) is 4.06. The Morgan fingerprint density at radius 2 is 2.24 bits per heavy atom. The van der Waals surface area contributed by atoms with Gasteiger partial charge in [-0.25, -0.2) is 4.98 Å². The fourth-order valence-electron chi connectivity index (χ4n) is 2.71. The Bertz CT molecular complexity index is 746. The Kier molecular flexibility index (Phi) is 5.63. The molecule has 1 aromatic carbocycles. The molecule has 132 valence electrons. The van der Waals surface area contributed by atoms with Crippen molar-refractivity contribution < 1.29 is 14.3 Å². The molecule has 0 aliphatic carbocycles. The quantitative estimate of drug-likeness (QED) is 0.874. The highest BCUT2D eigenvalue weighted by Crippen LogP contribution is 2.22. The van der Waals surface area contributed by atoms with Crippen molar-refractivity contribution in [3.63, 3.8) is 0 Å². The zero-order valence-corrected chi connectivity index (χ0v) is 14.6. The summed E-state index contributed by atoms with van der Waals surface area (Å²) in [4.78, 5) is 18.9. The maximum absolute atomic E-state index is 12.7. The minimum atomic E-state index is -0.146. The molecular weight excluding hydrogens is 318 g/mol. The number of aromatic nitrogens is 1. The van der Waals surface area contributed by atoms with Crippen LogP contribution in [0.3, 0.4) is 0 Å². The van der Waals surface area contributed by atoms with Gasteiger partial charge in [-0.05, 0) is 43.8 Å². The number of carbonyl (C=O) groups is 1. The summed E-state index contributed by atoms with van der Waals surface area (Å²) in [6.45, 7) is 2.53. The van der Waals surface area contributed by atoms with Crippen molar-refractivity contribution in [3.05, 3.63) is 53.2 Å². The lowest BCUT2D eigenvalue weighted by molar-refractivity contribution is 0.0985. The van der Waals surface area contributed by atoms with Gasteiger partial charge in [0.25, 0.3) is 5.91 Å². The lowest BCUT2D eigenvalue weighted by Crippen LogP contribution is -2.20. The van der Waals surface area contributed by atoms with E-state index in [4.69, 9.17) is 9.47 Å². The second-order valence-corrected chi connectivity index (χ2v) is 6.23. The van der Waals surface area contributed by atoms with Gasteiger partial charge in [0.2, 0.25) is 5.88 Å². The summed E-state index contributed by atoms with van der Waals surface area (Å²) < 4.78 is 11.1. The number of hydrogen-bond donors (Lipinski definition) is 1. The number of rotatable bonds is 6. The molecule has 6 heteroatoms. The third-order valence-electron chi connectivity index (χ3n) is 4.06. The SMILES string of the molecule is CN(C)CCOc1cc(NC(=O)c2cccc3c2COCC3)ccn1. The first-order valence-corrected chi connectivity index (χ1v) is 8.37. The van der Waals surface area contributed by atoms with Gasteiger partial charge in [-0.3, -0.25) is 4.79 Å². The molecule has 25 heavy (non-hydrogen) atoms. The van der Waals surface area contributed by atoms with Crippen LogP contribution in [0.2, 0.25) is 0 Å². The number of amides is 1. The van der Waals surface area contributed by atoms with E-state index in [-0.39, 0.29) is 5.91 Å². The van der Waals surface area contributed by atoms with Crippen molar-refractivity contribution >= 4 is 11.6 Å². The molecule has 0 unspecified atom stereocenters. The minimum Gasteiger partial charge on any atom is -0.476 e. The first-order valence-electron chi connectivity index (χ1n) is 8.37. The molecule has 0 bridgehead atoms. The standard InChI is InChI=1S/C19H23N3O3/c1-22(2)9-11-25-18-12-15(6-8-20-18)21-19(23)16-5-3-4-14-7-10-24-13-17(14)16/h3-6,8,12H,7,9-11,13H2,1-2H3,(H,20,21,23). The zero-order chi connectivity index (χ0) is 17.6. The Morgan fingerprint density at radius 3 is 3.08 bits per heavy atom. The summed E-state index contributed by atoms with van der Waals surface area (Å²) in [5.41, 5.74) is 3.47. The highest BCUT2D eigenvalue weighted by Gasteiger charge is 2.18. The van der Waals surface area contributed by atoms with Crippen LogP contribution in [0.1, 0.15) is 21.5 Å². The number of fused-ring (bicyclic) bond motifs is 1. The van der Waals surface area contributed by atoms with Crippen molar-refractivity contribution in [2.45, 2.75) is 13.0 Å². The molecule has 6 nitrogen and oxygen atoms in total. The van der Waals surface area contributed by atoms with Crippen LogP contribution in [0.5, 0.6) is 5.88 Å². The Labute approximate surface area is 147 Å². The fourth-order valence-corrected chi connectivity index (χ4v) is 2.71. The van der Waals surface area contributed by atoms with Crippen LogP contribution in [0.15, 0.2) is 36.5 Å². The first kappa shape index (κ1) is 17.4. The monoisotopic (exact) mass is 341 g/mol. The normalized spacial score (nSPS) is 13.4. The molecule has 3 rings (SSSR count). The number of likely N-dealkylation sites (N-methyl/N-ethyl adjacent to an activating group) is 1. The van der Waals surface area contributed by atoms with Crippen LogP contribution in [-0.2, 0) is 17.8 Å². The second kappa shape index (κ2) is 8.09. The van der Waals surface area contributed by atoms with E-state index in [1.165, 1.54) is 5.56 Å². The van der Waals surface area contributed by atoms with Gasteiger partial charge < -0.3 is 19.7 Å². The summed E-state index contributed by atoms with van der Waals surface area (Å²) in [7, 11) is 3.97. The van der Waals surface area contributed by atoms with Gasteiger partial charge in [0.05, 0.1) is 13.2 Å². The minimum absolute atomic E-state index is 0.146. The Morgan fingerprint density at radius 1 is 1.36 bits per heavy atom. The molecule has 1 aliphatic heterocycles. The van der Waals surface area contributed by atoms with E-state index in [1.807, 2.05) is 31.1 Å².